The molecule has 2 amide bonds. The largest absolute Gasteiger partial charge is 0.299 e. The van der Waals surface area contributed by atoms with Crippen molar-refractivity contribution in [1.29, 1.82) is 0 Å². The fourth-order valence-corrected chi connectivity index (χ4v) is 3.21. The van der Waals surface area contributed by atoms with Crippen molar-refractivity contribution in [3.8, 4) is 0 Å². The summed E-state index contributed by atoms with van der Waals surface area (Å²) in [6.45, 7) is 12.2. The third kappa shape index (κ3) is 5.46. The van der Waals surface area contributed by atoms with E-state index in [9.17, 15) is 14.4 Å². The Hall–Kier alpha value is -0.840. The number of Topliss-reactive ketones (excluding diaryl/α,β-unsaturated/α-hetero) is 1. The molecule has 1 atom stereocenters. The Morgan fingerprint density at radius 3 is 2.24 bits per heavy atom. The summed E-state index contributed by atoms with van der Waals surface area (Å²) >= 11 is 1.44. The third-order valence-corrected chi connectivity index (χ3v) is 4.53. The van der Waals surface area contributed by atoms with Gasteiger partial charge in [-0.25, -0.2) is 0 Å². The molecule has 0 aromatic carbocycles. The zero-order valence-corrected chi connectivity index (χ0v) is 14.8. The maximum atomic E-state index is 12.3. The Bertz CT molecular complexity index is 432. The summed E-state index contributed by atoms with van der Waals surface area (Å²) < 4.78 is 0. The van der Waals surface area contributed by atoms with Gasteiger partial charge in [0.1, 0.15) is 5.78 Å². The van der Waals surface area contributed by atoms with Crippen LogP contribution in [0.4, 0.5) is 0 Å². The molecule has 1 aliphatic heterocycles. The minimum Gasteiger partial charge on any atom is -0.299 e. The normalized spacial score (nSPS) is 20.3. The lowest BCUT2D eigenvalue weighted by molar-refractivity contribution is -0.139. The second-order valence-corrected chi connectivity index (χ2v) is 9.18. The lowest BCUT2D eigenvalue weighted by Gasteiger charge is -2.25. The van der Waals surface area contributed by atoms with Gasteiger partial charge in [-0.3, -0.25) is 19.3 Å². The molecule has 21 heavy (non-hydrogen) atoms. The second kappa shape index (κ2) is 6.51. The monoisotopic (exact) mass is 313 g/mol. The molecule has 0 N–H and O–H groups in total. The fourth-order valence-electron chi connectivity index (χ4n) is 2.09. The first-order chi connectivity index (χ1) is 9.42. The van der Waals surface area contributed by atoms with E-state index in [4.69, 9.17) is 0 Å². The number of rotatable bonds is 5. The van der Waals surface area contributed by atoms with Crippen molar-refractivity contribution in [2.45, 2.75) is 59.6 Å². The van der Waals surface area contributed by atoms with E-state index in [2.05, 4.69) is 0 Å². The van der Waals surface area contributed by atoms with Crippen LogP contribution in [0.15, 0.2) is 0 Å². The van der Waals surface area contributed by atoms with Crippen molar-refractivity contribution in [2.75, 3.05) is 12.3 Å². The zero-order chi connectivity index (χ0) is 16.4. The Labute approximate surface area is 132 Å². The highest BCUT2D eigenvalue weighted by Crippen LogP contribution is 2.29. The predicted molar refractivity (Wildman–Crippen MR) is 86.1 cm³/mol. The molecule has 0 aliphatic carbocycles. The number of imide groups is 1. The number of carbonyl (C=O) groups excluding carboxylic acids is 3. The molecule has 0 aromatic heterocycles. The highest BCUT2D eigenvalue weighted by molar-refractivity contribution is 8.00. The molecule has 1 fully saturated rings. The van der Waals surface area contributed by atoms with E-state index in [0.29, 0.717) is 18.7 Å². The van der Waals surface area contributed by atoms with Crippen molar-refractivity contribution >= 4 is 29.4 Å². The Morgan fingerprint density at radius 1 is 1.19 bits per heavy atom. The molecule has 0 radical (unpaired) electrons. The predicted octanol–water partition coefficient (Wildman–Crippen LogP) is 2.90. The summed E-state index contributed by atoms with van der Waals surface area (Å²) in [5.74, 6) is 0.611. The van der Waals surface area contributed by atoms with Crippen molar-refractivity contribution < 1.29 is 14.4 Å². The maximum Gasteiger partial charge on any atom is 0.242 e. The van der Waals surface area contributed by atoms with Crippen molar-refractivity contribution in [1.82, 2.24) is 4.90 Å². The van der Waals surface area contributed by atoms with E-state index in [1.54, 1.807) is 0 Å². The minimum absolute atomic E-state index is 0.0884. The Balaban J connectivity index is 2.50. The fraction of sp³-hybridized carbons (Fsp3) is 0.812. The van der Waals surface area contributed by atoms with Gasteiger partial charge in [-0.15, -0.1) is 11.8 Å². The van der Waals surface area contributed by atoms with Crippen LogP contribution in [0.3, 0.4) is 0 Å². The molecule has 1 unspecified atom stereocenters. The van der Waals surface area contributed by atoms with Crippen molar-refractivity contribution in [3.05, 3.63) is 0 Å². The smallest absolute Gasteiger partial charge is 0.242 e. The average molecular weight is 313 g/mol. The number of nitrogens with zero attached hydrogens (tertiary/aromatic N) is 1. The van der Waals surface area contributed by atoms with Crippen LogP contribution in [0, 0.1) is 10.8 Å². The molecular weight excluding hydrogens is 286 g/mol. The van der Waals surface area contributed by atoms with E-state index in [0.717, 1.165) is 0 Å². The minimum atomic E-state index is -0.339. The molecule has 1 aliphatic rings. The van der Waals surface area contributed by atoms with E-state index in [1.165, 1.54) is 16.7 Å². The molecule has 120 valence electrons. The SMILES string of the molecule is CC(C)(C)CN1C(=O)CC(SCCC(=O)C(C)(C)C)C1=O. The number of hydrogen-bond acceptors (Lipinski definition) is 4. The van der Waals surface area contributed by atoms with Gasteiger partial charge in [-0.05, 0) is 5.41 Å². The standard InChI is InChI=1S/C16H27NO3S/c1-15(2,3)10-17-13(19)9-11(14(17)20)21-8-7-12(18)16(4,5)6/h11H,7-10H2,1-6H3. The first kappa shape index (κ1) is 18.2. The molecule has 5 heteroatoms. The topological polar surface area (TPSA) is 54.5 Å². The van der Waals surface area contributed by atoms with Gasteiger partial charge in [0.25, 0.3) is 0 Å². The quantitative estimate of drug-likeness (QED) is 0.732. The van der Waals surface area contributed by atoms with Crippen LogP contribution in [0.2, 0.25) is 0 Å². The average Bonchev–Trinajstić information content (AvgIpc) is 2.54. The van der Waals surface area contributed by atoms with Gasteiger partial charge in [-0.2, -0.15) is 0 Å². The number of carbonyl (C=O) groups is 3. The van der Waals surface area contributed by atoms with Gasteiger partial charge >= 0.3 is 0 Å². The van der Waals surface area contributed by atoms with E-state index in [-0.39, 0.29) is 40.1 Å². The van der Waals surface area contributed by atoms with Crippen LogP contribution in [-0.4, -0.2) is 40.0 Å². The van der Waals surface area contributed by atoms with Crippen LogP contribution < -0.4 is 0 Å². The van der Waals surface area contributed by atoms with Crippen molar-refractivity contribution in [3.63, 3.8) is 0 Å². The summed E-state index contributed by atoms with van der Waals surface area (Å²) in [6, 6.07) is 0. The summed E-state index contributed by atoms with van der Waals surface area (Å²) in [5, 5.41) is -0.312. The molecule has 0 spiro atoms. The van der Waals surface area contributed by atoms with Gasteiger partial charge < -0.3 is 0 Å². The van der Waals surface area contributed by atoms with Crippen LogP contribution in [0.5, 0.6) is 0 Å². The summed E-state index contributed by atoms with van der Waals surface area (Å²) in [4.78, 5) is 37.5. The van der Waals surface area contributed by atoms with Crippen LogP contribution in [-0.2, 0) is 14.4 Å². The van der Waals surface area contributed by atoms with Crippen molar-refractivity contribution in [2.24, 2.45) is 10.8 Å². The first-order valence-electron chi connectivity index (χ1n) is 7.41. The molecule has 4 nitrogen and oxygen atoms in total. The number of amides is 2. The first-order valence-corrected chi connectivity index (χ1v) is 8.46. The molecule has 1 rings (SSSR count). The summed E-state index contributed by atoms with van der Waals surface area (Å²) in [5.41, 5.74) is -0.429. The number of likely N-dealkylation sites (tertiary alicyclic amines) is 1. The molecule has 1 heterocycles. The molecule has 0 aromatic rings. The lowest BCUT2D eigenvalue weighted by atomic mass is 9.89. The summed E-state index contributed by atoms with van der Waals surface area (Å²) in [6.07, 6.45) is 0.717. The maximum absolute atomic E-state index is 12.3. The Morgan fingerprint density at radius 2 is 1.76 bits per heavy atom. The van der Waals surface area contributed by atoms with Gasteiger partial charge in [0.05, 0.1) is 5.25 Å². The molecule has 0 bridgehead atoms. The molecular formula is C16H27NO3S. The number of ketones is 1. The lowest BCUT2D eigenvalue weighted by Crippen LogP contribution is -2.38. The van der Waals surface area contributed by atoms with Crippen LogP contribution >= 0.6 is 11.8 Å². The van der Waals surface area contributed by atoms with Crippen LogP contribution in [0.25, 0.3) is 0 Å². The van der Waals surface area contributed by atoms with E-state index < -0.39 is 0 Å². The number of thioether (sulfide) groups is 1. The second-order valence-electron chi connectivity index (χ2n) is 7.87. The molecule has 0 saturated carbocycles. The highest BCUT2D eigenvalue weighted by atomic mass is 32.2. The van der Waals surface area contributed by atoms with Gasteiger partial charge in [-0.1, -0.05) is 41.5 Å². The highest BCUT2D eigenvalue weighted by Gasteiger charge is 2.40. The number of hydrogen-bond donors (Lipinski definition) is 0. The molecule has 1 saturated heterocycles. The zero-order valence-electron chi connectivity index (χ0n) is 14.0. The van der Waals surface area contributed by atoms with E-state index >= 15 is 0 Å². The third-order valence-electron chi connectivity index (χ3n) is 3.32. The van der Waals surface area contributed by atoms with Gasteiger partial charge in [0, 0.05) is 30.6 Å². The van der Waals surface area contributed by atoms with Gasteiger partial charge in [0.15, 0.2) is 0 Å². The van der Waals surface area contributed by atoms with E-state index in [1.807, 2.05) is 41.5 Å². The van der Waals surface area contributed by atoms with Crippen LogP contribution in [0.1, 0.15) is 54.4 Å². The summed E-state index contributed by atoms with van der Waals surface area (Å²) in [7, 11) is 0. The van der Waals surface area contributed by atoms with Gasteiger partial charge in [0.2, 0.25) is 11.8 Å². The Kier molecular flexibility index (Phi) is 5.64.